The molecule has 3 aromatic rings. The van der Waals surface area contributed by atoms with E-state index in [9.17, 15) is 18.0 Å². The van der Waals surface area contributed by atoms with Gasteiger partial charge in [0.2, 0.25) is 0 Å². The smallest absolute Gasteiger partial charge is 0.356 e. The zero-order valence-corrected chi connectivity index (χ0v) is 22.3. The highest BCUT2D eigenvalue weighted by molar-refractivity contribution is 7.90. The second-order valence-electron chi connectivity index (χ2n) is 8.34. The average Bonchev–Trinajstić information content (AvgIpc) is 3.08. The van der Waals surface area contributed by atoms with Crippen LogP contribution < -0.4 is 0 Å². The minimum absolute atomic E-state index is 0.00862. The van der Waals surface area contributed by atoms with E-state index in [-0.39, 0.29) is 38.0 Å². The van der Waals surface area contributed by atoms with E-state index in [1.807, 2.05) is 0 Å². The molecule has 0 spiro atoms. The van der Waals surface area contributed by atoms with Crippen molar-refractivity contribution in [3.05, 3.63) is 68.8 Å². The Morgan fingerprint density at radius 1 is 1.09 bits per heavy atom. The fourth-order valence-corrected chi connectivity index (χ4v) is 5.59. The number of esters is 2. The number of fused-ring (bicyclic) bond motifs is 1. The van der Waals surface area contributed by atoms with Gasteiger partial charge in [-0.25, -0.2) is 22.0 Å². The van der Waals surface area contributed by atoms with Gasteiger partial charge in [-0.1, -0.05) is 53.0 Å². The van der Waals surface area contributed by atoms with Crippen molar-refractivity contribution in [3.8, 4) is 0 Å². The van der Waals surface area contributed by atoms with Crippen molar-refractivity contribution in [1.82, 2.24) is 3.97 Å². The standard InChI is InChI=1S/C24H22Cl3NO6S/c1-5-33-23(30)21-16(13-18(27)22(29)34-24(2,3)4)20-17(26)11-14(25)12-19(20)28(21)35(31,32)15-9-7-6-8-10-15/h6-13H,5H2,1-4H3/b18-13+. The Hall–Kier alpha value is -2.52. The predicted molar refractivity (Wildman–Crippen MR) is 137 cm³/mol. The monoisotopic (exact) mass is 557 g/mol. The highest BCUT2D eigenvalue weighted by Crippen LogP contribution is 2.39. The van der Waals surface area contributed by atoms with Crippen LogP contribution in [-0.2, 0) is 24.3 Å². The largest absolute Gasteiger partial charge is 0.461 e. The maximum atomic E-state index is 13.7. The van der Waals surface area contributed by atoms with Gasteiger partial charge in [0, 0.05) is 16.0 Å². The van der Waals surface area contributed by atoms with Gasteiger partial charge in [-0.15, -0.1) is 0 Å². The number of carbonyl (C=O) groups excluding carboxylic acids is 2. The summed E-state index contributed by atoms with van der Waals surface area (Å²) in [5.41, 5.74) is -1.26. The predicted octanol–water partition coefficient (Wildman–Crippen LogP) is 6.28. The van der Waals surface area contributed by atoms with Gasteiger partial charge in [-0.2, -0.15) is 0 Å². The first-order valence-electron chi connectivity index (χ1n) is 10.4. The van der Waals surface area contributed by atoms with Crippen LogP contribution in [0.4, 0.5) is 0 Å². The molecule has 0 saturated carbocycles. The molecule has 1 heterocycles. The van der Waals surface area contributed by atoms with Gasteiger partial charge in [0.05, 0.1) is 22.0 Å². The molecule has 186 valence electrons. The number of benzene rings is 2. The van der Waals surface area contributed by atoms with Crippen molar-refractivity contribution in [2.24, 2.45) is 0 Å². The molecule has 0 fully saturated rings. The zero-order valence-electron chi connectivity index (χ0n) is 19.3. The first-order chi connectivity index (χ1) is 16.3. The van der Waals surface area contributed by atoms with Gasteiger partial charge in [0.15, 0.2) is 5.69 Å². The van der Waals surface area contributed by atoms with Crippen LogP contribution in [0.2, 0.25) is 10.0 Å². The minimum atomic E-state index is -4.35. The molecular formula is C24H22Cl3NO6S. The normalized spacial score (nSPS) is 12.6. The molecule has 0 aliphatic rings. The summed E-state index contributed by atoms with van der Waals surface area (Å²) in [7, 11) is -4.35. The van der Waals surface area contributed by atoms with E-state index in [1.54, 1.807) is 45.9 Å². The number of aromatic nitrogens is 1. The van der Waals surface area contributed by atoms with Crippen molar-refractivity contribution in [2.45, 2.75) is 38.2 Å². The molecule has 2 aromatic carbocycles. The minimum Gasteiger partial charge on any atom is -0.461 e. The number of rotatable bonds is 6. The van der Waals surface area contributed by atoms with Gasteiger partial charge >= 0.3 is 11.9 Å². The fourth-order valence-electron chi connectivity index (χ4n) is 3.33. The Balaban J connectivity index is 2.46. The molecule has 0 N–H and O–H groups in total. The number of hydrogen-bond acceptors (Lipinski definition) is 6. The molecule has 0 aliphatic heterocycles. The van der Waals surface area contributed by atoms with E-state index in [2.05, 4.69) is 0 Å². The van der Waals surface area contributed by atoms with E-state index in [1.165, 1.54) is 24.3 Å². The lowest BCUT2D eigenvalue weighted by Crippen LogP contribution is -2.24. The average molecular weight is 559 g/mol. The molecule has 0 atom stereocenters. The lowest BCUT2D eigenvalue weighted by molar-refractivity contribution is -0.148. The Kier molecular flexibility index (Phi) is 7.91. The van der Waals surface area contributed by atoms with Crippen LogP contribution in [0.5, 0.6) is 0 Å². The second kappa shape index (κ2) is 10.2. The topological polar surface area (TPSA) is 91.7 Å². The lowest BCUT2D eigenvalue weighted by atomic mass is 10.1. The summed E-state index contributed by atoms with van der Waals surface area (Å²) in [6.07, 6.45) is 1.14. The third-order valence-electron chi connectivity index (χ3n) is 4.60. The molecule has 35 heavy (non-hydrogen) atoms. The summed E-state index contributed by atoms with van der Waals surface area (Å²) in [4.78, 5) is 25.6. The Bertz CT molecular complexity index is 1440. The van der Waals surface area contributed by atoms with Crippen LogP contribution in [0, 0.1) is 0 Å². The third-order valence-corrected chi connectivity index (χ3v) is 7.10. The summed E-state index contributed by atoms with van der Waals surface area (Å²) in [6, 6.07) is 10.2. The van der Waals surface area contributed by atoms with E-state index < -0.39 is 38.3 Å². The Morgan fingerprint density at radius 3 is 2.29 bits per heavy atom. The molecule has 1 aromatic heterocycles. The number of halogens is 3. The van der Waals surface area contributed by atoms with Gasteiger partial charge in [-0.05, 0) is 58.0 Å². The first kappa shape index (κ1) is 27.1. The Morgan fingerprint density at radius 2 is 1.71 bits per heavy atom. The second-order valence-corrected chi connectivity index (χ2v) is 11.4. The Labute approximate surface area is 218 Å². The quantitative estimate of drug-likeness (QED) is 0.261. The summed E-state index contributed by atoms with van der Waals surface area (Å²) in [6.45, 7) is 6.52. The van der Waals surface area contributed by atoms with Gasteiger partial charge in [0.1, 0.15) is 10.6 Å². The van der Waals surface area contributed by atoms with Crippen LogP contribution in [0.15, 0.2) is 52.4 Å². The van der Waals surface area contributed by atoms with Crippen LogP contribution in [0.3, 0.4) is 0 Å². The molecule has 3 rings (SSSR count). The van der Waals surface area contributed by atoms with Crippen LogP contribution >= 0.6 is 34.8 Å². The third kappa shape index (κ3) is 5.67. The van der Waals surface area contributed by atoms with Gasteiger partial charge in [-0.3, -0.25) is 0 Å². The summed E-state index contributed by atoms with van der Waals surface area (Å²) in [5.74, 6) is -1.83. The van der Waals surface area contributed by atoms with E-state index >= 15 is 0 Å². The molecule has 11 heteroatoms. The molecule has 0 unspecified atom stereocenters. The van der Waals surface area contributed by atoms with Crippen molar-refractivity contribution in [3.63, 3.8) is 0 Å². The van der Waals surface area contributed by atoms with Crippen LogP contribution in [0.25, 0.3) is 17.0 Å². The van der Waals surface area contributed by atoms with Gasteiger partial charge in [0.25, 0.3) is 10.0 Å². The summed E-state index contributed by atoms with van der Waals surface area (Å²) >= 11 is 18.9. The van der Waals surface area contributed by atoms with E-state index in [4.69, 9.17) is 44.3 Å². The lowest BCUT2D eigenvalue weighted by Gasteiger charge is -2.19. The maximum absolute atomic E-state index is 13.7. The molecule has 0 radical (unpaired) electrons. The highest BCUT2D eigenvalue weighted by Gasteiger charge is 2.33. The summed E-state index contributed by atoms with van der Waals surface area (Å²) in [5, 5.41) is -0.0818. The molecule has 0 saturated heterocycles. The number of hydrogen-bond donors (Lipinski definition) is 0. The van der Waals surface area contributed by atoms with E-state index in [0.29, 0.717) is 0 Å². The van der Waals surface area contributed by atoms with Crippen molar-refractivity contribution in [2.75, 3.05) is 6.61 Å². The summed E-state index contributed by atoms with van der Waals surface area (Å²) < 4.78 is 38.8. The van der Waals surface area contributed by atoms with Crippen LogP contribution in [-0.4, -0.2) is 36.5 Å². The first-order valence-corrected chi connectivity index (χ1v) is 13.0. The fraction of sp³-hybridized carbons (Fsp3) is 0.250. The van der Waals surface area contributed by atoms with Crippen molar-refractivity contribution >= 4 is 73.7 Å². The van der Waals surface area contributed by atoms with E-state index in [0.717, 1.165) is 10.0 Å². The number of carbonyl (C=O) groups is 2. The molecule has 0 amide bonds. The molecular weight excluding hydrogens is 537 g/mol. The van der Waals surface area contributed by atoms with Crippen molar-refractivity contribution in [1.29, 1.82) is 0 Å². The molecule has 7 nitrogen and oxygen atoms in total. The van der Waals surface area contributed by atoms with Crippen molar-refractivity contribution < 1.29 is 27.5 Å². The molecule has 0 bridgehead atoms. The van der Waals surface area contributed by atoms with Gasteiger partial charge < -0.3 is 9.47 Å². The maximum Gasteiger partial charge on any atom is 0.356 e. The number of ether oxygens (including phenoxy) is 2. The highest BCUT2D eigenvalue weighted by atomic mass is 35.5. The van der Waals surface area contributed by atoms with Crippen LogP contribution in [0.1, 0.15) is 43.7 Å². The number of nitrogens with zero attached hydrogens (tertiary/aromatic N) is 1. The molecule has 0 aliphatic carbocycles. The zero-order chi connectivity index (χ0) is 26.1. The SMILES string of the molecule is CCOC(=O)c1c(/C=C(/Cl)C(=O)OC(C)(C)C)c2c(Cl)cc(Cl)cc2n1S(=O)(=O)c1ccccc1.